The van der Waals surface area contributed by atoms with E-state index in [0.29, 0.717) is 19.6 Å². The van der Waals surface area contributed by atoms with Gasteiger partial charge in [0, 0.05) is 26.1 Å². The van der Waals surface area contributed by atoms with Crippen LogP contribution in [0.25, 0.3) is 0 Å². The van der Waals surface area contributed by atoms with Gasteiger partial charge in [0.25, 0.3) is 0 Å². The van der Waals surface area contributed by atoms with Gasteiger partial charge >= 0.3 is 5.69 Å². The van der Waals surface area contributed by atoms with Gasteiger partial charge in [0.05, 0.1) is 4.92 Å². The summed E-state index contributed by atoms with van der Waals surface area (Å²) in [6.07, 6.45) is 1.35. The first-order valence-corrected chi connectivity index (χ1v) is 5.61. The lowest BCUT2D eigenvalue weighted by molar-refractivity contribution is -0.384. The summed E-state index contributed by atoms with van der Waals surface area (Å²) < 4.78 is 0. The summed E-state index contributed by atoms with van der Waals surface area (Å²) in [5.41, 5.74) is 2.03. The number of nitrogens with one attached hydrogen (secondary N) is 2. The predicted octanol–water partition coefficient (Wildman–Crippen LogP) is -1.00. The zero-order valence-electron chi connectivity index (χ0n) is 10.00. The fourth-order valence-corrected chi connectivity index (χ4v) is 1.78. The molecule has 1 aliphatic rings. The van der Waals surface area contributed by atoms with E-state index in [1.807, 2.05) is 0 Å². The Morgan fingerprint density at radius 3 is 3.00 bits per heavy atom. The minimum Gasteiger partial charge on any atom is -0.354 e. The van der Waals surface area contributed by atoms with Crippen LogP contribution in [0.15, 0.2) is 6.20 Å². The zero-order valence-corrected chi connectivity index (χ0v) is 10.00. The summed E-state index contributed by atoms with van der Waals surface area (Å²) >= 11 is 0. The molecule has 2 rings (SSSR count). The number of rotatable bonds is 3. The second-order valence-corrected chi connectivity index (χ2v) is 3.89. The Kier molecular flexibility index (Phi) is 3.71. The molecule has 102 valence electrons. The van der Waals surface area contributed by atoms with Crippen LogP contribution in [0, 0.1) is 10.1 Å². The Morgan fingerprint density at radius 2 is 2.32 bits per heavy atom. The summed E-state index contributed by atoms with van der Waals surface area (Å²) in [5.74, 6) is 5.35. The van der Waals surface area contributed by atoms with Crippen LogP contribution >= 0.6 is 0 Å². The van der Waals surface area contributed by atoms with E-state index in [2.05, 4.69) is 20.7 Å². The first kappa shape index (κ1) is 13.0. The van der Waals surface area contributed by atoms with Crippen molar-refractivity contribution in [2.45, 2.75) is 6.42 Å². The minimum absolute atomic E-state index is 0.0867. The van der Waals surface area contributed by atoms with E-state index in [1.165, 1.54) is 0 Å². The van der Waals surface area contributed by atoms with E-state index >= 15 is 0 Å². The van der Waals surface area contributed by atoms with Crippen LogP contribution in [-0.2, 0) is 4.79 Å². The van der Waals surface area contributed by atoms with Crippen molar-refractivity contribution in [3.8, 4) is 0 Å². The number of carbonyl (C=O) groups excluding carboxylic acids is 1. The molecule has 1 fully saturated rings. The van der Waals surface area contributed by atoms with Crippen LogP contribution in [0.1, 0.15) is 6.42 Å². The number of nitrogens with two attached hydrogens (primary N) is 1. The van der Waals surface area contributed by atoms with E-state index in [1.54, 1.807) is 4.90 Å². The molecule has 0 spiro atoms. The minimum atomic E-state index is -0.560. The molecule has 4 N–H and O–H groups in total. The number of anilines is 2. The quantitative estimate of drug-likeness (QED) is 0.360. The molecule has 0 radical (unpaired) electrons. The van der Waals surface area contributed by atoms with Crippen molar-refractivity contribution >= 4 is 23.4 Å². The highest BCUT2D eigenvalue weighted by Crippen LogP contribution is 2.26. The maximum atomic E-state index is 11.3. The summed E-state index contributed by atoms with van der Waals surface area (Å²) in [5, 5.41) is 13.7. The molecular weight excluding hydrogens is 254 g/mol. The number of hydrazine groups is 1. The SMILES string of the molecule is NNc1ncc([N+](=O)[O-])c(N2CCNC(=O)CC2)n1. The van der Waals surface area contributed by atoms with Gasteiger partial charge in [0.15, 0.2) is 0 Å². The predicted molar refractivity (Wildman–Crippen MR) is 66.3 cm³/mol. The molecule has 0 bridgehead atoms. The van der Waals surface area contributed by atoms with Gasteiger partial charge in [-0.3, -0.25) is 20.3 Å². The van der Waals surface area contributed by atoms with Crippen LogP contribution in [0.4, 0.5) is 17.5 Å². The lowest BCUT2D eigenvalue weighted by atomic mass is 10.3. The van der Waals surface area contributed by atoms with Crippen molar-refractivity contribution in [2.75, 3.05) is 30.0 Å². The molecule has 1 amide bonds. The summed E-state index contributed by atoms with van der Waals surface area (Å²) in [4.78, 5) is 31.1. The third-order valence-electron chi connectivity index (χ3n) is 2.69. The second kappa shape index (κ2) is 5.44. The topological polar surface area (TPSA) is 139 Å². The number of nitrogens with zero attached hydrogens (tertiary/aromatic N) is 4. The number of carbonyl (C=O) groups is 1. The number of hydrogen-bond acceptors (Lipinski definition) is 8. The van der Waals surface area contributed by atoms with E-state index in [9.17, 15) is 14.9 Å². The number of aromatic nitrogens is 2. The highest BCUT2D eigenvalue weighted by molar-refractivity contribution is 5.77. The molecule has 1 aromatic rings. The first-order valence-electron chi connectivity index (χ1n) is 5.61. The van der Waals surface area contributed by atoms with Crippen LogP contribution in [0.5, 0.6) is 0 Å². The highest BCUT2D eigenvalue weighted by Gasteiger charge is 2.24. The molecule has 19 heavy (non-hydrogen) atoms. The summed E-state index contributed by atoms with van der Waals surface area (Å²) in [6, 6.07) is 0. The van der Waals surface area contributed by atoms with Crippen molar-refractivity contribution < 1.29 is 9.72 Å². The molecule has 1 aromatic heterocycles. The fourth-order valence-electron chi connectivity index (χ4n) is 1.78. The highest BCUT2D eigenvalue weighted by atomic mass is 16.6. The van der Waals surface area contributed by atoms with E-state index in [0.717, 1.165) is 6.20 Å². The third kappa shape index (κ3) is 2.85. The maximum Gasteiger partial charge on any atom is 0.329 e. The average molecular weight is 267 g/mol. The Bertz CT molecular complexity index is 507. The molecule has 0 saturated carbocycles. The molecule has 10 nitrogen and oxygen atoms in total. The lowest BCUT2D eigenvalue weighted by Crippen LogP contribution is -2.30. The summed E-state index contributed by atoms with van der Waals surface area (Å²) in [6.45, 7) is 1.20. The van der Waals surface area contributed by atoms with Crippen molar-refractivity contribution in [3.05, 3.63) is 16.3 Å². The van der Waals surface area contributed by atoms with Crippen molar-refractivity contribution in [2.24, 2.45) is 5.84 Å². The molecule has 0 aliphatic carbocycles. The lowest BCUT2D eigenvalue weighted by Gasteiger charge is -2.20. The van der Waals surface area contributed by atoms with Gasteiger partial charge in [-0.05, 0) is 0 Å². The number of hydrogen-bond donors (Lipinski definition) is 3. The second-order valence-electron chi connectivity index (χ2n) is 3.89. The van der Waals surface area contributed by atoms with Crippen molar-refractivity contribution in [1.82, 2.24) is 15.3 Å². The third-order valence-corrected chi connectivity index (χ3v) is 2.69. The normalized spacial score (nSPS) is 15.6. The number of nitrogen functional groups attached to an aromatic ring is 1. The standard InChI is InChI=1S/C9H13N7O3/c10-14-9-12-5-6(16(18)19)8(13-9)15-3-1-7(17)11-2-4-15/h5H,1-4,10H2,(H,11,17)(H,12,13,14). The van der Waals surface area contributed by atoms with Crippen molar-refractivity contribution in [3.63, 3.8) is 0 Å². The number of nitro groups is 1. The molecule has 0 unspecified atom stereocenters. The van der Waals surface area contributed by atoms with Gasteiger partial charge in [-0.2, -0.15) is 4.98 Å². The van der Waals surface area contributed by atoms with Gasteiger partial charge in [-0.15, -0.1) is 0 Å². The monoisotopic (exact) mass is 267 g/mol. The smallest absolute Gasteiger partial charge is 0.329 e. The molecule has 2 heterocycles. The van der Waals surface area contributed by atoms with Gasteiger partial charge in [0.2, 0.25) is 17.7 Å². The Labute approximate surface area is 108 Å². The Balaban J connectivity index is 2.35. The molecular formula is C9H13N7O3. The Hall–Kier alpha value is -2.49. The van der Waals surface area contributed by atoms with Gasteiger partial charge in [-0.25, -0.2) is 10.8 Å². The van der Waals surface area contributed by atoms with Crippen LogP contribution in [0.2, 0.25) is 0 Å². The van der Waals surface area contributed by atoms with Gasteiger partial charge in [0.1, 0.15) is 6.20 Å². The number of amides is 1. The van der Waals surface area contributed by atoms with Crippen molar-refractivity contribution in [1.29, 1.82) is 0 Å². The van der Waals surface area contributed by atoms with Crippen LogP contribution in [0.3, 0.4) is 0 Å². The molecule has 10 heteroatoms. The zero-order chi connectivity index (χ0) is 13.8. The summed E-state index contributed by atoms with van der Waals surface area (Å²) in [7, 11) is 0. The average Bonchev–Trinajstić information content (AvgIpc) is 2.62. The first-order chi connectivity index (χ1) is 9.11. The molecule has 0 aromatic carbocycles. The Morgan fingerprint density at radius 1 is 1.53 bits per heavy atom. The molecule has 0 atom stereocenters. The van der Waals surface area contributed by atoms with Crippen LogP contribution in [-0.4, -0.2) is 40.4 Å². The van der Waals surface area contributed by atoms with E-state index < -0.39 is 4.92 Å². The molecule has 1 aliphatic heterocycles. The molecule has 1 saturated heterocycles. The van der Waals surface area contributed by atoms with Gasteiger partial charge < -0.3 is 10.2 Å². The van der Waals surface area contributed by atoms with E-state index in [-0.39, 0.29) is 29.8 Å². The largest absolute Gasteiger partial charge is 0.354 e. The van der Waals surface area contributed by atoms with E-state index in [4.69, 9.17) is 5.84 Å². The fraction of sp³-hybridized carbons (Fsp3) is 0.444. The maximum absolute atomic E-state index is 11.3. The van der Waals surface area contributed by atoms with Crippen LogP contribution < -0.4 is 21.5 Å². The van der Waals surface area contributed by atoms with Gasteiger partial charge in [-0.1, -0.05) is 0 Å².